The first-order valence-electron chi connectivity index (χ1n) is 19.8. The van der Waals surface area contributed by atoms with Crippen molar-refractivity contribution < 1.29 is 4.42 Å². The highest BCUT2D eigenvalue weighted by Gasteiger charge is 2.19. The minimum atomic E-state index is 0.664. The number of furan rings is 1. The minimum absolute atomic E-state index is 0.664. The second kappa shape index (κ2) is 14.5. The molecule has 0 fully saturated rings. The van der Waals surface area contributed by atoms with Crippen molar-refractivity contribution in [2.45, 2.75) is 0 Å². The summed E-state index contributed by atoms with van der Waals surface area (Å²) in [7, 11) is 0. The lowest BCUT2D eigenvalue weighted by molar-refractivity contribution is 0.669. The van der Waals surface area contributed by atoms with Crippen molar-refractivity contribution in [2.24, 2.45) is 0 Å². The van der Waals surface area contributed by atoms with Crippen LogP contribution < -0.4 is 0 Å². The molecule has 0 bridgehead atoms. The molecule has 11 rings (SSSR count). The maximum absolute atomic E-state index is 6.54. The van der Waals surface area contributed by atoms with Crippen LogP contribution in [0.3, 0.4) is 0 Å². The van der Waals surface area contributed by atoms with Crippen LogP contribution in [-0.2, 0) is 0 Å². The summed E-state index contributed by atoms with van der Waals surface area (Å²) in [6, 6.07) is 73.8. The predicted octanol–water partition coefficient (Wildman–Crippen LogP) is 14.6. The van der Waals surface area contributed by atoms with Crippen molar-refractivity contribution in [3.8, 4) is 78.5 Å². The number of hydrogen-bond donors (Lipinski definition) is 0. The Morgan fingerprint density at radius 1 is 0.305 bits per heavy atom. The Morgan fingerprint density at radius 2 is 0.780 bits per heavy atom. The maximum Gasteiger partial charge on any atom is 0.162 e. The zero-order valence-electron chi connectivity index (χ0n) is 32.0. The second-order valence-corrected chi connectivity index (χ2v) is 14.8. The zero-order valence-corrected chi connectivity index (χ0v) is 32.0. The van der Waals surface area contributed by atoms with Gasteiger partial charge in [-0.2, -0.15) is 0 Å². The van der Waals surface area contributed by atoms with Gasteiger partial charge in [-0.3, -0.25) is 0 Å². The molecule has 59 heavy (non-hydrogen) atoms. The molecule has 4 heteroatoms. The van der Waals surface area contributed by atoms with Gasteiger partial charge in [0.2, 0.25) is 0 Å². The molecule has 0 aliphatic rings. The average Bonchev–Trinajstić information content (AvgIpc) is 3.72. The molecule has 0 spiro atoms. The van der Waals surface area contributed by atoms with Crippen molar-refractivity contribution in [3.05, 3.63) is 212 Å². The first kappa shape index (κ1) is 34.3. The predicted molar refractivity (Wildman–Crippen MR) is 243 cm³/mol. The summed E-state index contributed by atoms with van der Waals surface area (Å²) >= 11 is 0. The van der Waals surface area contributed by atoms with Crippen LogP contribution in [0.1, 0.15) is 0 Å². The normalized spacial score (nSPS) is 11.4. The van der Waals surface area contributed by atoms with Gasteiger partial charge in [0, 0.05) is 38.4 Å². The van der Waals surface area contributed by atoms with E-state index in [1.54, 1.807) is 0 Å². The molecule has 4 nitrogen and oxygen atoms in total. The number of aromatic nitrogens is 3. The Labute approximate surface area is 341 Å². The van der Waals surface area contributed by atoms with Crippen LogP contribution in [0, 0.1) is 0 Å². The third-order valence-electron chi connectivity index (χ3n) is 11.1. The van der Waals surface area contributed by atoms with E-state index >= 15 is 0 Å². The van der Waals surface area contributed by atoms with Crippen molar-refractivity contribution in [1.29, 1.82) is 0 Å². The monoisotopic (exact) mass is 753 g/mol. The molecule has 3 heterocycles. The molecule has 0 saturated heterocycles. The summed E-state index contributed by atoms with van der Waals surface area (Å²) in [6.07, 6.45) is 0. The fourth-order valence-electron chi connectivity index (χ4n) is 8.09. The van der Waals surface area contributed by atoms with Gasteiger partial charge in [0.15, 0.2) is 11.4 Å². The van der Waals surface area contributed by atoms with Gasteiger partial charge in [-0.05, 0) is 63.7 Å². The van der Waals surface area contributed by atoms with Crippen LogP contribution in [-0.4, -0.2) is 15.0 Å². The lowest BCUT2D eigenvalue weighted by atomic mass is 9.97. The van der Waals surface area contributed by atoms with E-state index in [1.807, 2.05) is 42.5 Å². The van der Waals surface area contributed by atoms with Gasteiger partial charge in [0.1, 0.15) is 11.3 Å². The molecule has 8 aromatic carbocycles. The molecule has 276 valence electrons. The molecule has 11 aromatic rings. The summed E-state index contributed by atoms with van der Waals surface area (Å²) < 4.78 is 6.54. The van der Waals surface area contributed by atoms with Gasteiger partial charge in [-0.1, -0.05) is 182 Å². The molecule has 0 unspecified atom stereocenters. The number of nitrogens with zero attached hydrogens (tertiary/aromatic N) is 3. The molecule has 0 radical (unpaired) electrons. The molecular weight excluding hydrogens is 719 g/mol. The molecule has 0 saturated carbocycles. The molecule has 0 amide bonds. The highest BCUT2D eigenvalue weighted by atomic mass is 16.3. The van der Waals surface area contributed by atoms with Crippen LogP contribution >= 0.6 is 0 Å². The van der Waals surface area contributed by atoms with Crippen LogP contribution in [0.2, 0.25) is 0 Å². The highest BCUT2D eigenvalue weighted by molar-refractivity contribution is 6.21. The number of hydrogen-bond acceptors (Lipinski definition) is 4. The van der Waals surface area contributed by atoms with Crippen LogP contribution in [0.15, 0.2) is 217 Å². The molecule has 0 aliphatic heterocycles. The number of benzene rings is 8. The third-order valence-corrected chi connectivity index (χ3v) is 11.1. The Kier molecular flexibility index (Phi) is 8.45. The van der Waals surface area contributed by atoms with Gasteiger partial charge in [-0.15, -0.1) is 0 Å². The van der Waals surface area contributed by atoms with Crippen molar-refractivity contribution in [1.82, 2.24) is 15.0 Å². The lowest BCUT2D eigenvalue weighted by Gasteiger charge is -2.12. The standard InChI is InChI=1S/C55H35N3O/c1-4-13-36(14-5-1)38-23-27-40(28-24-38)49-35-50(41-29-25-39(26-30-41)37-15-6-2-7-16-37)58-55(57-49)45-20-12-19-43(33-45)44-31-32-48-47(34-44)52-46-21-10-11-22-51(46)59-54(52)53(56-48)42-17-8-3-9-18-42/h1-35H. The van der Waals surface area contributed by atoms with E-state index in [4.69, 9.17) is 19.4 Å². The van der Waals surface area contributed by atoms with Gasteiger partial charge < -0.3 is 4.42 Å². The molecule has 0 aliphatic carbocycles. The van der Waals surface area contributed by atoms with Crippen molar-refractivity contribution in [3.63, 3.8) is 0 Å². The first-order valence-corrected chi connectivity index (χ1v) is 19.8. The smallest absolute Gasteiger partial charge is 0.162 e. The second-order valence-electron chi connectivity index (χ2n) is 14.8. The summed E-state index contributed by atoms with van der Waals surface area (Å²) in [6.45, 7) is 0. The third kappa shape index (κ3) is 6.43. The highest BCUT2D eigenvalue weighted by Crippen LogP contribution is 2.41. The lowest BCUT2D eigenvalue weighted by Crippen LogP contribution is -1.96. The van der Waals surface area contributed by atoms with Gasteiger partial charge in [-0.25, -0.2) is 15.0 Å². The summed E-state index contributed by atoms with van der Waals surface area (Å²) in [5.41, 5.74) is 16.0. The quantitative estimate of drug-likeness (QED) is 0.163. The van der Waals surface area contributed by atoms with Gasteiger partial charge in [0.25, 0.3) is 0 Å². The van der Waals surface area contributed by atoms with E-state index in [0.29, 0.717) is 5.82 Å². The fraction of sp³-hybridized carbons (Fsp3) is 0. The molecule has 0 atom stereocenters. The van der Waals surface area contributed by atoms with E-state index < -0.39 is 0 Å². The minimum Gasteiger partial charge on any atom is -0.454 e. The summed E-state index contributed by atoms with van der Waals surface area (Å²) in [5.74, 6) is 0.664. The van der Waals surface area contributed by atoms with E-state index in [0.717, 1.165) is 94.4 Å². The van der Waals surface area contributed by atoms with Crippen LogP contribution in [0.5, 0.6) is 0 Å². The molecule has 0 N–H and O–H groups in total. The zero-order chi connectivity index (χ0) is 39.1. The fourth-order valence-corrected chi connectivity index (χ4v) is 8.09. The molecule has 3 aromatic heterocycles. The SMILES string of the molecule is c1ccc(-c2ccc(-c3cc(-c4ccc(-c5ccccc5)cc4)nc(-c4cccc(-c5ccc6nc(-c7ccccc7)c7oc8ccccc8c7c6c5)c4)n3)cc2)cc1. The molecular formula is C55H35N3O. The maximum atomic E-state index is 6.54. The van der Waals surface area contributed by atoms with E-state index in [-0.39, 0.29) is 0 Å². The average molecular weight is 754 g/mol. The van der Waals surface area contributed by atoms with Crippen LogP contribution in [0.25, 0.3) is 111 Å². The van der Waals surface area contributed by atoms with Gasteiger partial charge in [0.05, 0.1) is 16.9 Å². The first-order chi connectivity index (χ1) is 29.2. The van der Waals surface area contributed by atoms with Crippen molar-refractivity contribution >= 4 is 32.8 Å². The largest absolute Gasteiger partial charge is 0.454 e. The number of pyridine rings is 1. The van der Waals surface area contributed by atoms with Crippen molar-refractivity contribution in [2.75, 3.05) is 0 Å². The van der Waals surface area contributed by atoms with E-state index in [9.17, 15) is 0 Å². The number of para-hydroxylation sites is 1. The Balaban J connectivity index is 1.03. The van der Waals surface area contributed by atoms with E-state index in [1.165, 1.54) is 11.1 Å². The number of fused-ring (bicyclic) bond motifs is 5. The Bertz CT molecular complexity index is 3180. The Morgan fingerprint density at radius 3 is 1.41 bits per heavy atom. The summed E-state index contributed by atoms with van der Waals surface area (Å²) in [5, 5.41) is 3.19. The Hall–Kier alpha value is -7.95. The summed E-state index contributed by atoms with van der Waals surface area (Å²) in [4.78, 5) is 15.6. The van der Waals surface area contributed by atoms with Crippen LogP contribution in [0.4, 0.5) is 0 Å². The topological polar surface area (TPSA) is 51.8 Å². The van der Waals surface area contributed by atoms with Gasteiger partial charge >= 0.3 is 0 Å². The van der Waals surface area contributed by atoms with E-state index in [2.05, 4.69) is 170 Å². The number of rotatable bonds is 7.